The number of hydrogen-bond donors (Lipinski definition) is 1. The molecule has 25 heavy (non-hydrogen) atoms. The molecule has 0 aliphatic carbocycles. The molecule has 1 aromatic carbocycles. The molecule has 2 aromatic rings. The number of nitrogens with zero attached hydrogens (tertiary/aromatic N) is 3. The second kappa shape index (κ2) is 8.78. The molecule has 3 rings (SSSR count). The van der Waals surface area contributed by atoms with Crippen LogP contribution in [-0.4, -0.2) is 52.7 Å². The topological polar surface area (TPSA) is 59.4 Å². The zero-order valence-corrected chi connectivity index (χ0v) is 14.7. The third kappa shape index (κ3) is 5.41. The highest BCUT2D eigenvalue weighted by Crippen LogP contribution is 2.12. The number of amides is 1. The average molecular weight is 342 g/mol. The third-order valence-corrected chi connectivity index (χ3v) is 4.48. The predicted molar refractivity (Wildman–Crippen MR) is 96.0 cm³/mol. The van der Waals surface area contributed by atoms with Crippen molar-refractivity contribution in [1.29, 1.82) is 0 Å². The first kappa shape index (κ1) is 17.6. The van der Waals surface area contributed by atoms with Gasteiger partial charge in [-0.3, -0.25) is 9.69 Å². The fraction of sp³-hybridized carbons (Fsp3) is 0.474. The third-order valence-electron chi connectivity index (χ3n) is 4.48. The number of benzene rings is 1. The molecule has 0 radical (unpaired) electrons. The maximum atomic E-state index is 12.2. The summed E-state index contributed by atoms with van der Waals surface area (Å²) in [7, 11) is 1.96. The van der Waals surface area contributed by atoms with Gasteiger partial charge in [-0.05, 0) is 5.56 Å². The molecule has 1 N–H and O–H groups in total. The van der Waals surface area contributed by atoms with Gasteiger partial charge in [-0.15, -0.1) is 0 Å². The molecule has 6 nitrogen and oxygen atoms in total. The summed E-state index contributed by atoms with van der Waals surface area (Å²) in [5.74, 6) is 1.02. The molecule has 0 spiro atoms. The van der Waals surface area contributed by atoms with Crippen LogP contribution in [0.2, 0.25) is 0 Å². The Kier molecular flexibility index (Phi) is 6.19. The summed E-state index contributed by atoms with van der Waals surface area (Å²) in [6.07, 6.45) is 4.79. The van der Waals surface area contributed by atoms with Gasteiger partial charge in [-0.25, -0.2) is 4.98 Å². The van der Waals surface area contributed by atoms with Gasteiger partial charge in [-0.1, -0.05) is 30.3 Å². The minimum Gasteiger partial charge on any atom is -0.375 e. The van der Waals surface area contributed by atoms with Gasteiger partial charge in [0.2, 0.25) is 5.91 Å². The van der Waals surface area contributed by atoms with Gasteiger partial charge in [0.05, 0.1) is 19.1 Å². The van der Waals surface area contributed by atoms with E-state index in [1.54, 1.807) is 6.20 Å². The lowest BCUT2D eigenvalue weighted by molar-refractivity contribution is -0.126. The molecule has 0 bridgehead atoms. The summed E-state index contributed by atoms with van der Waals surface area (Å²) in [6, 6.07) is 10.4. The van der Waals surface area contributed by atoms with Gasteiger partial charge in [0.15, 0.2) is 0 Å². The van der Waals surface area contributed by atoms with Crippen molar-refractivity contribution < 1.29 is 9.53 Å². The molecular weight excluding hydrogens is 316 g/mol. The highest BCUT2D eigenvalue weighted by Gasteiger charge is 2.22. The van der Waals surface area contributed by atoms with Crippen molar-refractivity contribution in [2.75, 3.05) is 26.2 Å². The zero-order valence-electron chi connectivity index (χ0n) is 14.7. The molecule has 0 unspecified atom stereocenters. The molecule has 1 atom stereocenters. The maximum Gasteiger partial charge on any atom is 0.222 e. The molecular formula is C19H26N4O2. The van der Waals surface area contributed by atoms with Gasteiger partial charge in [-0.2, -0.15) is 0 Å². The van der Waals surface area contributed by atoms with Crippen LogP contribution in [0.1, 0.15) is 17.8 Å². The van der Waals surface area contributed by atoms with Crippen molar-refractivity contribution in [3.63, 3.8) is 0 Å². The van der Waals surface area contributed by atoms with Crippen LogP contribution in [0.5, 0.6) is 0 Å². The number of hydrogen-bond acceptors (Lipinski definition) is 4. The Labute approximate surface area is 148 Å². The molecule has 0 saturated carbocycles. The van der Waals surface area contributed by atoms with Crippen LogP contribution >= 0.6 is 0 Å². The Morgan fingerprint density at radius 2 is 2.20 bits per heavy atom. The lowest BCUT2D eigenvalue weighted by Crippen LogP contribution is -2.44. The molecule has 6 heteroatoms. The Morgan fingerprint density at radius 3 is 2.96 bits per heavy atom. The van der Waals surface area contributed by atoms with E-state index in [-0.39, 0.29) is 12.0 Å². The van der Waals surface area contributed by atoms with Crippen molar-refractivity contribution >= 4 is 5.91 Å². The number of nitrogens with one attached hydrogen (secondary N) is 1. The Morgan fingerprint density at radius 1 is 1.36 bits per heavy atom. The van der Waals surface area contributed by atoms with E-state index in [9.17, 15) is 4.79 Å². The minimum atomic E-state index is -0.0365. The minimum absolute atomic E-state index is 0.0365. The Hall–Kier alpha value is -2.18. The summed E-state index contributed by atoms with van der Waals surface area (Å²) in [4.78, 5) is 18.8. The van der Waals surface area contributed by atoms with Crippen molar-refractivity contribution in [2.24, 2.45) is 7.05 Å². The number of carbonyl (C=O) groups excluding carboxylic acids is 1. The quantitative estimate of drug-likeness (QED) is 0.826. The molecule has 134 valence electrons. The molecule has 1 saturated heterocycles. The molecule has 1 aliphatic rings. The fourth-order valence-corrected chi connectivity index (χ4v) is 3.12. The van der Waals surface area contributed by atoms with E-state index < -0.39 is 0 Å². The smallest absolute Gasteiger partial charge is 0.222 e. The zero-order chi connectivity index (χ0) is 17.5. The van der Waals surface area contributed by atoms with Crippen LogP contribution in [0.25, 0.3) is 0 Å². The molecule has 1 aromatic heterocycles. The summed E-state index contributed by atoms with van der Waals surface area (Å²) in [5, 5.41) is 2.97. The van der Waals surface area contributed by atoms with Crippen LogP contribution < -0.4 is 5.32 Å². The number of ether oxygens (including phenoxy) is 1. The molecule has 1 amide bonds. The van der Waals surface area contributed by atoms with Gasteiger partial charge < -0.3 is 14.6 Å². The summed E-state index contributed by atoms with van der Waals surface area (Å²) < 4.78 is 7.74. The van der Waals surface area contributed by atoms with Crippen LogP contribution in [0.4, 0.5) is 0 Å². The number of rotatable bonds is 7. The first-order chi connectivity index (χ1) is 12.2. The second-order valence-electron chi connectivity index (χ2n) is 6.47. The summed E-state index contributed by atoms with van der Waals surface area (Å²) in [6.45, 7) is 3.89. The Bertz CT molecular complexity index is 671. The lowest BCUT2D eigenvalue weighted by atomic mass is 10.1. The molecule has 1 aliphatic heterocycles. The number of aromatic nitrogens is 2. The summed E-state index contributed by atoms with van der Waals surface area (Å²) >= 11 is 0. The van der Waals surface area contributed by atoms with Crippen molar-refractivity contribution in [3.8, 4) is 0 Å². The van der Waals surface area contributed by atoms with Crippen LogP contribution in [0.15, 0.2) is 42.7 Å². The van der Waals surface area contributed by atoms with E-state index in [1.165, 1.54) is 5.56 Å². The van der Waals surface area contributed by atoms with Gasteiger partial charge in [0.1, 0.15) is 5.82 Å². The highest BCUT2D eigenvalue weighted by atomic mass is 16.5. The number of morpholine rings is 1. The highest BCUT2D eigenvalue weighted by molar-refractivity contribution is 5.76. The normalized spacial score (nSPS) is 18.2. The van der Waals surface area contributed by atoms with Crippen molar-refractivity contribution in [2.45, 2.75) is 25.5 Å². The van der Waals surface area contributed by atoms with E-state index in [0.717, 1.165) is 31.9 Å². The maximum absolute atomic E-state index is 12.2. The van der Waals surface area contributed by atoms with Crippen LogP contribution in [0, 0.1) is 0 Å². The number of carbonyl (C=O) groups is 1. The molecule has 1 fully saturated rings. The average Bonchev–Trinajstić information content (AvgIpc) is 3.01. The second-order valence-corrected chi connectivity index (χ2v) is 6.47. The van der Waals surface area contributed by atoms with E-state index in [0.29, 0.717) is 19.6 Å². The van der Waals surface area contributed by atoms with Crippen molar-refractivity contribution in [3.05, 3.63) is 54.1 Å². The monoisotopic (exact) mass is 342 g/mol. The predicted octanol–water partition coefficient (Wildman–Crippen LogP) is 1.37. The first-order valence-corrected chi connectivity index (χ1v) is 8.81. The van der Waals surface area contributed by atoms with E-state index >= 15 is 0 Å². The van der Waals surface area contributed by atoms with Crippen LogP contribution in [-0.2, 0) is 29.5 Å². The SMILES string of the molecule is Cn1ccnc1CCNC(=O)C[C@@H]1CN(Cc2ccccc2)CCO1. The van der Waals surface area contributed by atoms with E-state index in [2.05, 4.69) is 39.5 Å². The number of aryl methyl sites for hydroxylation is 1. The Balaban J connectivity index is 1.39. The lowest BCUT2D eigenvalue weighted by Gasteiger charge is -2.32. The summed E-state index contributed by atoms with van der Waals surface area (Å²) in [5.41, 5.74) is 1.29. The number of imidazole rings is 1. The van der Waals surface area contributed by atoms with E-state index in [1.807, 2.05) is 23.9 Å². The van der Waals surface area contributed by atoms with Crippen molar-refractivity contribution in [1.82, 2.24) is 19.8 Å². The van der Waals surface area contributed by atoms with Gasteiger partial charge >= 0.3 is 0 Å². The fourth-order valence-electron chi connectivity index (χ4n) is 3.12. The van der Waals surface area contributed by atoms with Crippen LogP contribution in [0.3, 0.4) is 0 Å². The first-order valence-electron chi connectivity index (χ1n) is 8.81. The van der Waals surface area contributed by atoms with Gasteiger partial charge in [0.25, 0.3) is 0 Å². The largest absolute Gasteiger partial charge is 0.375 e. The van der Waals surface area contributed by atoms with E-state index in [4.69, 9.17) is 4.74 Å². The molecule has 2 heterocycles. The standard InChI is InChI=1S/C19H26N4O2/c1-22-10-9-20-18(22)7-8-21-19(24)13-17-15-23(11-12-25-17)14-16-5-3-2-4-6-16/h2-6,9-10,17H,7-8,11-15H2,1H3,(H,21,24)/t17-/m1/s1. The van der Waals surface area contributed by atoms with Gasteiger partial charge in [0, 0.05) is 52.0 Å².